The molecule has 2 aromatic rings. The molecule has 26 heavy (non-hydrogen) atoms. The Balaban J connectivity index is 1.60. The maximum Gasteiger partial charge on any atom is 0.338 e. The third kappa shape index (κ3) is 3.69. The first-order chi connectivity index (χ1) is 12.4. The van der Waals surface area contributed by atoms with Gasteiger partial charge in [0.15, 0.2) is 18.1 Å². The predicted molar refractivity (Wildman–Crippen MR) is 84.5 cm³/mol. The topological polar surface area (TPSA) is 117 Å². The average Bonchev–Trinajstić information content (AvgIpc) is 3.09. The zero-order valence-electron chi connectivity index (χ0n) is 13.1. The minimum absolute atomic E-state index is 0.0466. The Hall–Kier alpha value is -3.69. The number of non-ortho nitro benzene ring substituents is 1. The molecule has 0 spiro atoms. The van der Waals surface area contributed by atoms with Crippen molar-refractivity contribution in [1.29, 1.82) is 0 Å². The van der Waals surface area contributed by atoms with Gasteiger partial charge in [-0.05, 0) is 24.3 Å². The van der Waals surface area contributed by atoms with E-state index in [1.165, 1.54) is 18.2 Å². The van der Waals surface area contributed by atoms with Crippen molar-refractivity contribution in [3.8, 4) is 11.5 Å². The van der Waals surface area contributed by atoms with E-state index in [0.29, 0.717) is 11.5 Å². The van der Waals surface area contributed by atoms with E-state index in [1.54, 1.807) is 0 Å². The number of fused-ring (bicyclic) bond motifs is 1. The molecular weight excluding hydrogens is 351 g/mol. The van der Waals surface area contributed by atoms with E-state index in [4.69, 9.17) is 14.2 Å². The largest absolute Gasteiger partial charge is 0.454 e. The van der Waals surface area contributed by atoms with Crippen LogP contribution >= 0.6 is 0 Å². The van der Waals surface area contributed by atoms with E-state index >= 15 is 0 Å². The van der Waals surface area contributed by atoms with E-state index < -0.39 is 29.2 Å². The third-order valence-electron chi connectivity index (χ3n) is 3.38. The molecule has 10 heteroatoms. The SMILES string of the molecule is O=C(COC(=O)c1ccc2c(c1)OCO2)Nc1cc([N+](=O)[O-])ccc1F. The van der Waals surface area contributed by atoms with Crippen molar-refractivity contribution in [2.24, 2.45) is 0 Å². The zero-order chi connectivity index (χ0) is 18.7. The lowest BCUT2D eigenvalue weighted by molar-refractivity contribution is -0.384. The number of rotatable bonds is 5. The Morgan fingerprint density at radius 3 is 2.73 bits per heavy atom. The smallest absolute Gasteiger partial charge is 0.338 e. The van der Waals surface area contributed by atoms with E-state index in [1.807, 2.05) is 0 Å². The number of nitrogens with zero attached hydrogens (tertiary/aromatic N) is 1. The quantitative estimate of drug-likeness (QED) is 0.492. The van der Waals surface area contributed by atoms with Gasteiger partial charge in [0.1, 0.15) is 5.82 Å². The molecular formula is C16H11FN2O7. The van der Waals surface area contributed by atoms with Crippen molar-refractivity contribution in [3.63, 3.8) is 0 Å². The molecule has 0 radical (unpaired) electrons. The Morgan fingerprint density at radius 2 is 1.96 bits per heavy atom. The number of anilines is 1. The summed E-state index contributed by atoms with van der Waals surface area (Å²) in [6.07, 6.45) is 0. The second-order valence-electron chi connectivity index (χ2n) is 5.11. The number of carbonyl (C=O) groups is 2. The lowest BCUT2D eigenvalue weighted by Crippen LogP contribution is -2.21. The van der Waals surface area contributed by atoms with Gasteiger partial charge in [0.2, 0.25) is 6.79 Å². The van der Waals surface area contributed by atoms with Crippen LogP contribution in [-0.4, -0.2) is 30.2 Å². The van der Waals surface area contributed by atoms with Crippen LogP contribution in [0.25, 0.3) is 0 Å². The van der Waals surface area contributed by atoms with Gasteiger partial charge in [-0.1, -0.05) is 0 Å². The second kappa shape index (κ2) is 7.05. The highest BCUT2D eigenvalue weighted by Crippen LogP contribution is 2.32. The number of nitrogens with one attached hydrogen (secondary N) is 1. The van der Waals surface area contributed by atoms with Crippen LogP contribution < -0.4 is 14.8 Å². The van der Waals surface area contributed by atoms with Crippen LogP contribution in [0.5, 0.6) is 11.5 Å². The molecule has 0 unspecified atom stereocenters. The van der Waals surface area contributed by atoms with Crippen molar-refractivity contribution in [3.05, 3.63) is 57.9 Å². The number of nitro benzene ring substituents is 1. The van der Waals surface area contributed by atoms with Crippen molar-refractivity contribution in [2.45, 2.75) is 0 Å². The van der Waals surface area contributed by atoms with Crippen LogP contribution in [0.2, 0.25) is 0 Å². The standard InChI is InChI=1S/C16H11FN2O7/c17-11-3-2-10(19(22)23)6-12(11)18-15(20)7-24-16(21)9-1-4-13-14(5-9)26-8-25-13/h1-6H,7-8H2,(H,18,20). The summed E-state index contributed by atoms with van der Waals surface area (Å²) in [6, 6.07) is 7.05. The second-order valence-corrected chi connectivity index (χ2v) is 5.11. The fraction of sp³-hybridized carbons (Fsp3) is 0.125. The molecule has 1 amide bonds. The monoisotopic (exact) mass is 362 g/mol. The summed E-state index contributed by atoms with van der Waals surface area (Å²) >= 11 is 0. The summed E-state index contributed by atoms with van der Waals surface area (Å²) in [5, 5.41) is 12.8. The number of carbonyl (C=O) groups excluding carboxylic acids is 2. The number of amides is 1. The maximum atomic E-state index is 13.6. The summed E-state index contributed by atoms with van der Waals surface area (Å²) in [6.45, 7) is -0.652. The zero-order valence-corrected chi connectivity index (χ0v) is 13.1. The lowest BCUT2D eigenvalue weighted by Gasteiger charge is -2.08. The number of ether oxygens (including phenoxy) is 3. The minimum atomic E-state index is -0.856. The number of halogens is 1. The molecule has 2 aromatic carbocycles. The molecule has 3 rings (SSSR count). The maximum absolute atomic E-state index is 13.6. The summed E-state index contributed by atoms with van der Waals surface area (Å²) in [5.41, 5.74) is -0.633. The van der Waals surface area contributed by atoms with Gasteiger partial charge in [0, 0.05) is 12.1 Å². The van der Waals surface area contributed by atoms with Gasteiger partial charge < -0.3 is 19.5 Å². The molecule has 0 aromatic heterocycles. The lowest BCUT2D eigenvalue weighted by atomic mass is 10.2. The molecule has 1 aliphatic rings. The molecule has 0 atom stereocenters. The average molecular weight is 362 g/mol. The molecule has 9 nitrogen and oxygen atoms in total. The van der Waals surface area contributed by atoms with Gasteiger partial charge in [0.25, 0.3) is 11.6 Å². The number of nitro groups is 1. The summed E-state index contributed by atoms with van der Waals surface area (Å²) < 4.78 is 28.7. The van der Waals surface area contributed by atoms with E-state index in [-0.39, 0.29) is 23.7 Å². The van der Waals surface area contributed by atoms with Gasteiger partial charge in [-0.3, -0.25) is 14.9 Å². The Labute approximate surface area is 145 Å². The van der Waals surface area contributed by atoms with Crippen LogP contribution in [0.15, 0.2) is 36.4 Å². The van der Waals surface area contributed by atoms with Crippen molar-refractivity contribution in [2.75, 3.05) is 18.7 Å². The van der Waals surface area contributed by atoms with E-state index in [2.05, 4.69) is 5.32 Å². The van der Waals surface area contributed by atoms with Gasteiger partial charge in [-0.15, -0.1) is 0 Å². The molecule has 0 fully saturated rings. The summed E-state index contributed by atoms with van der Waals surface area (Å²) in [4.78, 5) is 33.7. The van der Waals surface area contributed by atoms with Gasteiger partial charge in [0.05, 0.1) is 16.2 Å². The van der Waals surface area contributed by atoms with Crippen LogP contribution in [0, 0.1) is 15.9 Å². The van der Waals surface area contributed by atoms with Crippen LogP contribution in [0.1, 0.15) is 10.4 Å². The first kappa shape index (κ1) is 17.1. The van der Waals surface area contributed by atoms with Crippen molar-refractivity contribution < 1.29 is 33.1 Å². The molecule has 134 valence electrons. The molecule has 0 saturated carbocycles. The summed E-state index contributed by atoms with van der Waals surface area (Å²) in [5.74, 6) is -1.63. The Kier molecular flexibility index (Phi) is 4.65. The normalized spacial score (nSPS) is 11.7. The van der Waals surface area contributed by atoms with Crippen molar-refractivity contribution >= 4 is 23.3 Å². The van der Waals surface area contributed by atoms with Crippen molar-refractivity contribution in [1.82, 2.24) is 0 Å². The molecule has 0 saturated heterocycles. The highest BCUT2D eigenvalue weighted by Gasteiger charge is 2.18. The van der Waals surface area contributed by atoms with Crippen LogP contribution in [-0.2, 0) is 9.53 Å². The van der Waals surface area contributed by atoms with E-state index in [0.717, 1.165) is 18.2 Å². The minimum Gasteiger partial charge on any atom is -0.454 e. The Morgan fingerprint density at radius 1 is 1.19 bits per heavy atom. The molecule has 1 heterocycles. The van der Waals surface area contributed by atoms with E-state index in [9.17, 15) is 24.1 Å². The van der Waals surface area contributed by atoms with Gasteiger partial charge in [-0.25, -0.2) is 9.18 Å². The molecule has 1 aliphatic heterocycles. The fourth-order valence-corrected chi connectivity index (χ4v) is 2.15. The number of hydrogen-bond acceptors (Lipinski definition) is 7. The van der Waals surface area contributed by atoms with Crippen LogP contribution in [0.3, 0.4) is 0 Å². The number of esters is 1. The first-order valence-electron chi connectivity index (χ1n) is 7.24. The molecule has 1 N–H and O–H groups in total. The highest BCUT2D eigenvalue weighted by molar-refractivity contribution is 5.96. The highest BCUT2D eigenvalue weighted by atomic mass is 19.1. The number of benzene rings is 2. The molecule has 0 bridgehead atoms. The Bertz CT molecular complexity index is 900. The summed E-state index contributed by atoms with van der Waals surface area (Å²) in [7, 11) is 0. The molecule has 0 aliphatic carbocycles. The predicted octanol–water partition coefficient (Wildman–Crippen LogP) is 2.26. The van der Waals surface area contributed by atoms with Gasteiger partial charge in [-0.2, -0.15) is 0 Å². The van der Waals surface area contributed by atoms with Crippen LogP contribution in [0.4, 0.5) is 15.8 Å². The number of hydrogen-bond donors (Lipinski definition) is 1. The third-order valence-corrected chi connectivity index (χ3v) is 3.38. The fourth-order valence-electron chi connectivity index (χ4n) is 2.15. The van der Waals surface area contributed by atoms with Gasteiger partial charge >= 0.3 is 5.97 Å². The first-order valence-corrected chi connectivity index (χ1v) is 7.24.